The average molecular weight is 491 g/mol. The van der Waals surface area contributed by atoms with Crippen LogP contribution >= 0.6 is 27.3 Å². The van der Waals surface area contributed by atoms with Crippen LogP contribution in [-0.4, -0.2) is 50.0 Å². The average Bonchev–Trinajstić information content (AvgIpc) is 3.11. The Morgan fingerprint density at radius 2 is 1.90 bits per heavy atom. The molecule has 3 rings (SSSR count). The van der Waals surface area contributed by atoms with Crippen molar-refractivity contribution in [1.29, 1.82) is 0 Å². The maximum absolute atomic E-state index is 11.7. The molecule has 0 radical (unpaired) electrons. The Labute approximate surface area is 190 Å². The number of aryl methyl sites for hydroxylation is 1. The maximum Gasteiger partial charge on any atom is 0.162 e. The van der Waals surface area contributed by atoms with Crippen molar-refractivity contribution >= 4 is 67.2 Å². The Bertz CT molecular complexity index is 1020. The third-order valence-electron chi connectivity index (χ3n) is 4.37. The van der Waals surface area contributed by atoms with Crippen LogP contribution in [0.25, 0.3) is 10.2 Å². The number of halogens is 1. The van der Waals surface area contributed by atoms with Crippen LogP contribution in [0.1, 0.15) is 29.1 Å². The molecule has 2 aromatic heterocycles. The van der Waals surface area contributed by atoms with Crippen molar-refractivity contribution in [3.63, 3.8) is 0 Å². The molecule has 0 fully saturated rings. The first-order valence-electron chi connectivity index (χ1n) is 9.68. The van der Waals surface area contributed by atoms with Crippen LogP contribution in [0.5, 0.6) is 0 Å². The first-order valence-corrected chi connectivity index (χ1v) is 11.3. The van der Waals surface area contributed by atoms with Gasteiger partial charge in [-0.25, -0.2) is 9.98 Å². The third-order valence-corrected chi connectivity index (χ3v) is 5.97. The number of nitrogens with zero attached hydrogens (tertiary/aromatic N) is 4. The Kier molecular flexibility index (Phi) is 8.95. The smallest absolute Gasteiger partial charge is 0.162 e. The first-order chi connectivity index (χ1) is 14.5. The van der Waals surface area contributed by atoms with Gasteiger partial charge in [-0.05, 0) is 35.0 Å². The number of anilines is 2. The van der Waals surface area contributed by atoms with Gasteiger partial charge in [-0.3, -0.25) is 4.79 Å². The van der Waals surface area contributed by atoms with Gasteiger partial charge in [-0.15, -0.1) is 11.3 Å². The highest BCUT2D eigenvalue weighted by Crippen LogP contribution is 2.44. The van der Waals surface area contributed by atoms with Crippen molar-refractivity contribution < 1.29 is 9.90 Å². The van der Waals surface area contributed by atoms with E-state index in [1.807, 2.05) is 68.9 Å². The number of hydrogen-bond acceptors (Lipinski definition) is 6. The molecule has 0 saturated heterocycles. The number of benzene rings is 1. The second-order valence-electron chi connectivity index (χ2n) is 6.40. The van der Waals surface area contributed by atoms with Gasteiger partial charge in [-0.1, -0.05) is 31.5 Å². The van der Waals surface area contributed by atoms with Gasteiger partial charge in [0.05, 0.1) is 39.1 Å². The normalized spacial score (nSPS) is 10.8. The summed E-state index contributed by atoms with van der Waals surface area (Å²) in [7, 11) is 3.80. The lowest BCUT2D eigenvalue weighted by atomic mass is 10.2. The number of carbonyl (C=O) groups excluding carboxylic acids is 1. The quantitative estimate of drug-likeness (QED) is 0.271. The van der Waals surface area contributed by atoms with Gasteiger partial charge in [-0.2, -0.15) is 0 Å². The van der Waals surface area contributed by atoms with E-state index in [4.69, 9.17) is 0 Å². The van der Waals surface area contributed by atoms with Crippen LogP contribution in [0.3, 0.4) is 0 Å². The number of aliphatic imine (C=N–C) groups is 1. The van der Waals surface area contributed by atoms with E-state index in [1.54, 1.807) is 12.5 Å². The van der Waals surface area contributed by atoms with E-state index in [0.29, 0.717) is 17.1 Å². The van der Waals surface area contributed by atoms with Crippen LogP contribution in [0.4, 0.5) is 17.1 Å². The van der Waals surface area contributed by atoms with Crippen LogP contribution in [0.2, 0.25) is 0 Å². The van der Waals surface area contributed by atoms with Gasteiger partial charge in [0.1, 0.15) is 4.83 Å². The van der Waals surface area contributed by atoms with Gasteiger partial charge in [0, 0.05) is 32.5 Å². The van der Waals surface area contributed by atoms with Crippen molar-refractivity contribution in [2.45, 2.75) is 20.8 Å². The van der Waals surface area contributed by atoms with Gasteiger partial charge in [0.15, 0.2) is 6.29 Å². The fourth-order valence-corrected chi connectivity index (χ4v) is 4.37. The molecule has 160 valence electrons. The highest BCUT2D eigenvalue weighted by atomic mass is 79.9. The summed E-state index contributed by atoms with van der Waals surface area (Å²) in [5, 5.41) is 10.1. The molecule has 0 aliphatic carbocycles. The van der Waals surface area contributed by atoms with E-state index in [-0.39, 0.29) is 6.61 Å². The zero-order chi connectivity index (χ0) is 22.3. The van der Waals surface area contributed by atoms with E-state index < -0.39 is 0 Å². The standard InChI is InChI=1S/C20H21BrN4O2S.C2H6/c1-13-4-6-14(7-5-13)25(3)12-23-18-16(11-27)28-20-17(18)19(15(21)10-22-20)24(2)8-9-26;1-2/h4-7,10-12,26H,8-9H2,1-3H3;1-2H3. The van der Waals surface area contributed by atoms with Gasteiger partial charge >= 0.3 is 0 Å². The summed E-state index contributed by atoms with van der Waals surface area (Å²) in [6.45, 7) is 6.52. The Balaban J connectivity index is 0.00000155. The Hall–Kier alpha value is -2.29. The minimum Gasteiger partial charge on any atom is -0.395 e. The monoisotopic (exact) mass is 490 g/mol. The number of aromatic nitrogens is 1. The highest BCUT2D eigenvalue weighted by Gasteiger charge is 2.20. The van der Waals surface area contributed by atoms with Gasteiger partial charge in [0.25, 0.3) is 0 Å². The number of hydrogen-bond donors (Lipinski definition) is 1. The molecule has 6 nitrogen and oxygen atoms in total. The summed E-state index contributed by atoms with van der Waals surface area (Å²) < 4.78 is 0.787. The number of thiophene rings is 1. The summed E-state index contributed by atoms with van der Waals surface area (Å²) in [6.07, 6.45) is 4.23. The zero-order valence-corrected chi connectivity index (χ0v) is 20.3. The SMILES string of the molecule is CC.Cc1ccc(N(C)C=Nc2c(C=O)sc3ncc(Br)c(N(C)CCO)c23)cc1. The van der Waals surface area contributed by atoms with Crippen molar-refractivity contribution in [3.05, 3.63) is 45.4 Å². The molecule has 1 aromatic carbocycles. The molecule has 30 heavy (non-hydrogen) atoms. The van der Waals surface area contributed by atoms with E-state index >= 15 is 0 Å². The topological polar surface area (TPSA) is 69.0 Å². The van der Waals surface area contributed by atoms with Crippen LogP contribution in [0.15, 0.2) is 39.9 Å². The minimum atomic E-state index is 0.0200. The van der Waals surface area contributed by atoms with Crippen LogP contribution < -0.4 is 9.80 Å². The molecule has 0 bridgehead atoms. The third kappa shape index (κ3) is 5.24. The molecule has 0 amide bonds. The summed E-state index contributed by atoms with van der Waals surface area (Å²) in [4.78, 5) is 25.8. The number of fused-ring (bicyclic) bond motifs is 1. The van der Waals surface area contributed by atoms with E-state index in [9.17, 15) is 9.90 Å². The lowest BCUT2D eigenvalue weighted by Crippen LogP contribution is -2.21. The molecule has 2 heterocycles. The van der Waals surface area contributed by atoms with Crippen molar-refractivity contribution in [3.8, 4) is 0 Å². The lowest BCUT2D eigenvalue weighted by molar-refractivity contribution is 0.112. The second kappa shape index (κ2) is 11.2. The van der Waals surface area contributed by atoms with E-state index in [0.717, 1.165) is 32.4 Å². The number of pyridine rings is 1. The summed E-state index contributed by atoms with van der Waals surface area (Å²) in [6, 6.07) is 8.12. The molecule has 0 unspecified atom stereocenters. The fraction of sp³-hybridized carbons (Fsp3) is 0.318. The molecule has 0 atom stereocenters. The van der Waals surface area contributed by atoms with Crippen molar-refractivity contribution in [2.75, 3.05) is 37.0 Å². The van der Waals surface area contributed by atoms with Crippen molar-refractivity contribution in [2.24, 2.45) is 4.99 Å². The molecule has 0 aliphatic heterocycles. The fourth-order valence-electron chi connectivity index (χ4n) is 2.86. The summed E-state index contributed by atoms with van der Waals surface area (Å²) in [5.41, 5.74) is 3.63. The predicted octanol–water partition coefficient (Wildman–Crippen LogP) is 5.43. The number of aliphatic hydroxyl groups is 1. The molecular weight excluding hydrogens is 464 g/mol. The second-order valence-corrected chi connectivity index (χ2v) is 8.29. The molecule has 8 heteroatoms. The largest absolute Gasteiger partial charge is 0.395 e. The van der Waals surface area contributed by atoms with E-state index in [2.05, 4.69) is 25.9 Å². The summed E-state index contributed by atoms with van der Waals surface area (Å²) in [5.74, 6) is 0. The van der Waals surface area contributed by atoms with Crippen LogP contribution in [-0.2, 0) is 0 Å². The molecule has 1 N–H and O–H groups in total. The molecular formula is C22H27BrN4O2S. The number of aldehydes is 1. The number of rotatable bonds is 7. The number of aliphatic hydroxyl groups excluding tert-OH is 1. The zero-order valence-electron chi connectivity index (χ0n) is 17.9. The summed E-state index contributed by atoms with van der Waals surface area (Å²) >= 11 is 4.86. The molecule has 3 aromatic rings. The van der Waals surface area contributed by atoms with Crippen LogP contribution in [0, 0.1) is 6.92 Å². The van der Waals surface area contributed by atoms with E-state index in [1.165, 1.54) is 16.9 Å². The van der Waals surface area contributed by atoms with Crippen molar-refractivity contribution in [1.82, 2.24) is 4.98 Å². The number of carbonyl (C=O) groups is 1. The Morgan fingerprint density at radius 3 is 2.50 bits per heavy atom. The first kappa shape index (κ1) is 24.0. The minimum absolute atomic E-state index is 0.0200. The molecule has 0 spiro atoms. The predicted molar refractivity (Wildman–Crippen MR) is 132 cm³/mol. The van der Waals surface area contributed by atoms with Gasteiger partial charge < -0.3 is 14.9 Å². The van der Waals surface area contributed by atoms with Gasteiger partial charge in [0.2, 0.25) is 0 Å². The molecule has 0 saturated carbocycles. The lowest BCUT2D eigenvalue weighted by Gasteiger charge is -2.20. The maximum atomic E-state index is 11.7. The number of likely N-dealkylation sites (N-methyl/N-ethyl adjacent to an activating group) is 1. The molecule has 0 aliphatic rings. The Morgan fingerprint density at radius 1 is 1.23 bits per heavy atom. The highest BCUT2D eigenvalue weighted by molar-refractivity contribution is 9.10.